The van der Waals surface area contributed by atoms with Gasteiger partial charge >= 0.3 is 28.4 Å². The quantitative estimate of drug-likeness (QED) is 0.167. The molecule has 0 fully saturated rings. The molecular weight excluding hydrogens is 622 g/mol. The minimum Gasteiger partial charge on any atom is -0.258 e. The normalized spacial score (nSPS) is 11.0. The predicted octanol–water partition coefficient (Wildman–Crippen LogP) is 2.51. The van der Waals surface area contributed by atoms with Crippen LogP contribution in [0.4, 0.5) is 39.8 Å². The third-order valence-corrected chi connectivity index (χ3v) is 6.05. The zero-order valence-electron chi connectivity index (χ0n) is 20.9. The summed E-state index contributed by atoms with van der Waals surface area (Å²) in [6.45, 7) is 0. The second-order valence-electron chi connectivity index (χ2n) is 8.43. The molecule has 0 saturated carbocycles. The van der Waals surface area contributed by atoms with Gasteiger partial charge in [0.05, 0.1) is 58.7 Å². The van der Waals surface area contributed by atoms with Crippen molar-refractivity contribution in [1.29, 1.82) is 0 Å². The largest absolute Gasteiger partial charge is 0.326 e. The van der Waals surface area contributed by atoms with Crippen molar-refractivity contribution in [3.05, 3.63) is 101 Å². The number of rotatable bonds is 9. The molecule has 0 aliphatic carbocycles. The lowest BCUT2D eigenvalue weighted by atomic mass is 10.1. The van der Waals surface area contributed by atoms with E-state index in [0.717, 1.165) is 6.07 Å². The topological polar surface area (TPSA) is 363 Å². The van der Waals surface area contributed by atoms with Gasteiger partial charge < -0.3 is 0 Å². The minimum absolute atomic E-state index is 0.280. The first-order valence-electron chi connectivity index (χ1n) is 11.1. The van der Waals surface area contributed by atoms with Gasteiger partial charge in [-0.1, -0.05) is 10.4 Å². The van der Waals surface area contributed by atoms with Gasteiger partial charge in [0.1, 0.15) is 11.0 Å². The van der Waals surface area contributed by atoms with Gasteiger partial charge in [0.2, 0.25) is 11.4 Å². The molecule has 27 heteroatoms. The first kappa shape index (κ1) is 28.8. The van der Waals surface area contributed by atoms with Crippen molar-refractivity contribution in [2.75, 3.05) is 0 Å². The zero-order chi connectivity index (χ0) is 33.1. The third-order valence-electron chi connectivity index (χ3n) is 6.05. The molecule has 0 N–H and O–H groups in total. The summed E-state index contributed by atoms with van der Waals surface area (Å²) >= 11 is 0. The van der Waals surface area contributed by atoms with Crippen LogP contribution in [0.25, 0.3) is 33.4 Å². The lowest BCUT2D eigenvalue weighted by Gasteiger charge is -2.07. The Morgan fingerprint density at radius 1 is 0.489 bits per heavy atom. The van der Waals surface area contributed by atoms with Gasteiger partial charge in [0, 0.05) is 0 Å². The average Bonchev–Trinajstić information content (AvgIpc) is 3.57. The standard InChI is InChI=1S/C18H5N13O14/c32-25(33)6-1-10(27(36)37)16(11(2-6)28(38)39)23-9-5-8-15(18(31(44)45)14(9)20-22-23)24(21-19-8)17-12(29(40)41)3-7(26(34)35)4-13(17)30(42)43/h1-5H. The first-order valence-corrected chi connectivity index (χ1v) is 11.1. The van der Waals surface area contributed by atoms with E-state index in [1.807, 2.05) is 0 Å². The summed E-state index contributed by atoms with van der Waals surface area (Å²) in [5, 5.41) is 96.3. The van der Waals surface area contributed by atoms with Crippen molar-refractivity contribution < 1.29 is 34.5 Å². The number of nitrogens with zero attached hydrogens (tertiary/aromatic N) is 13. The molecule has 0 unspecified atom stereocenters. The van der Waals surface area contributed by atoms with E-state index in [1.54, 1.807) is 0 Å². The highest BCUT2D eigenvalue weighted by Crippen LogP contribution is 2.43. The maximum atomic E-state index is 12.3. The highest BCUT2D eigenvalue weighted by molar-refractivity contribution is 6.03. The molecule has 27 nitrogen and oxygen atoms in total. The van der Waals surface area contributed by atoms with Crippen molar-refractivity contribution >= 4 is 61.9 Å². The molecule has 226 valence electrons. The first-order chi connectivity index (χ1) is 21.1. The Balaban J connectivity index is 1.93. The zero-order valence-corrected chi connectivity index (χ0v) is 20.9. The average molecular weight is 627 g/mol. The van der Waals surface area contributed by atoms with E-state index in [2.05, 4.69) is 20.6 Å². The van der Waals surface area contributed by atoms with Gasteiger partial charge in [-0.25, -0.2) is 0 Å². The second-order valence-corrected chi connectivity index (χ2v) is 8.43. The van der Waals surface area contributed by atoms with E-state index in [4.69, 9.17) is 0 Å². The van der Waals surface area contributed by atoms with E-state index < -0.39 is 108 Å². The molecule has 0 bridgehead atoms. The van der Waals surface area contributed by atoms with Crippen molar-refractivity contribution in [3.63, 3.8) is 0 Å². The lowest BCUT2D eigenvalue weighted by molar-refractivity contribution is -0.403. The smallest absolute Gasteiger partial charge is 0.258 e. The number of nitro benzene ring substituents is 7. The van der Waals surface area contributed by atoms with Crippen LogP contribution in [0.1, 0.15) is 0 Å². The molecule has 5 rings (SSSR count). The number of aromatic nitrogens is 6. The van der Waals surface area contributed by atoms with Crippen LogP contribution in [0.3, 0.4) is 0 Å². The Morgan fingerprint density at radius 2 is 0.889 bits per heavy atom. The fraction of sp³-hybridized carbons (Fsp3) is 0. The minimum atomic E-state index is -1.28. The summed E-state index contributed by atoms with van der Waals surface area (Å²) in [7, 11) is 0. The number of fused-ring (bicyclic) bond motifs is 2. The molecule has 45 heavy (non-hydrogen) atoms. The maximum absolute atomic E-state index is 12.3. The van der Waals surface area contributed by atoms with E-state index in [9.17, 15) is 70.8 Å². The molecule has 0 atom stereocenters. The number of hydrogen-bond acceptors (Lipinski definition) is 18. The fourth-order valence-electron chi connectivity index (χ4n) is 4.32. The van der Waals surface area contributed by atoms with Crippen LogP contribution >= 0.6 is 0 Å². The van der Waals surface area contributed by atoms with Crippen molar-refractivity contribution in [3.8, 4) is 11.4 Å². The monoisotopic (exact) mass is 627 g/mol. The SMILES string of the molecule is O=[N+]([O-])c1cc([N+](=O)[O-])c(-n2nnc3c([N+](=O)[O-])c4c(cc32)nnn4-c2c([N+](=O)[O-])cc([N+](=O)[O-])cc2[N+](=O)[O-])c([N+](=O)[O-])c1. The molecule has 0 aliphatic heterocycles. The number of hydrogen-bond donors (Lipinski definition) is 0. The highest BCUT2D eigenvalue weighted by atomic mass is 16.7. The Hall–Kier alpha value is -7.74. The van der Waals surface area contributed by atoms with Crippen LogP contribution in [-0.2, 0) is 0 Å². The maximum Gasteiger partial charge on any atom is 0.326 e. The molecule has 0 radical (unpaired) electrons. The van der Waals surface area contributed by atoms with Crippen LogP contribution < -0.4 is 0 Å². The van der Waals surface area contributed by atoms with Gasteiger partial charge in [-0.3, -0.25) is 70.8 Å². The molecule has 0 aliphatic rings. The highest BCUT2D eigenvalue weighted by Gasteiger charge is 2.38. The molecule has 0 saturated heterocycles. The van der Waals surface area contributed by atoms with Crippen LogP contribution in [0.2, 0.25) is 0 Å². The van der Waals surface area contributed by atoms with Crippen molar-refractivity contribution in [2.45, 2.75) is 0 Å². The molecule has 0 amide bonds. The fourth-order valence-corrected chi connectivity index (χ4v) is 4.32. The predicted molar refractivity (Wildman–Crippen MR) is 138 cm³/mol. The van der Waals surface area contributed by atoms with E-state index in [1.165, 1.54) is 0 Å². The van der Waals surface area contributed by atoms with Gasteiger partial charge in [0.25, 0.3) is 11.4 Å². The van der Waals surface area contributed by atoms with E-state index in [-0.39, 0.29) is 4.68 Å². The van der Waals surface area contributed by atoms with Gasteiger partial charge in [-0.2, -0.15) is 9.36 Å². The van der Waals surface area contributed by atoms with E-state index >= 15 is 0 Å². The van der Waals surface area contributed by atoms with Crippen molar-refractivity contribution in [1.82, 2.24) is 30.0 Å². The molecule has 2 aromatic heterocycles. The molecule has 2 heterocycles. The Bertz CT molecular complexity index is 2170. The summed E-state index contributed by atoms with van der Waals surface area (Å²) in [6, 6.07) is 2.24. The van der Waals surface area contributed by atoms with Crippen LogP contribution in [0, 0.1) is 70.8 Å². The van der Waals surface area contributed by atoms with Gasteiger partial charge in [-0.15, -0.1) is 10.2 Å². The van der Waals surface area contributed by atoms with Crippen LogP contribution in [0.5, 0.6) is 0 Å². The van der Waals surface area contributed by atoms with Crippen molar-refractivity contribution in [2.24, 2.45) is 0 Å². The Labute approximate surface area is 239 Å². The molecule has 5 aromatic rings. The summed E-state index contributed by atoms with van der Waals surface area (Å²) in [5.41, 5.74) is -13.2. The third kappa shape index (κ3) is 4.41. The number of benzene rings is 3. The summed E-state index contributed by atoms with van der Waals surface area (Å²) in [4.78, 5) is 73.6. The van der Waals surface area contributed by atoms with Crippen LogP contribution in [-0.4, -0.2) is 64.5 Å². The van der Waals surface area contributed by atoms with E-state index in [0.29, 0.717) is 28.9 Å². The summed E-state index contributed by atoms with van der Waals surface area (Å²) < 4.78 is 0.667. The summed E-state index contributed by atoms with van der Waals surface area (Å²) in [5.74, 6) is 0. The summed E-state index contributed by atoms with van der Waals surface area (Å²) in [6.07, 6.45) is 0. The Kier molecular flexibility index (Phi) is 6.37. The number of nitro groups is 7. The Morgan fingerprint density at radius 3 is 1.27 bits per heavy atom. The molecule has 0 spiro atoms. The molecule has 3 aromatic carbocycles. The lowest BCUT2D eigenvalue weighted by Crippen LogP contribution is -2.08. The number of non-ortho nitro benzene ring substituents is 3. The van der Waals surface area contributed by atoms with Gasteiger partial charge in [-0.05, 0) is 6.07 Å². The van der Waals surface area contributed by atoms with Gasteiger partial charge in [0.15, 0.2) is 11.0 Å². The molecular formula is C18H5N13O14. The van der Waals surface area contributed by atoms with Crippen LogP contribution in [0.15, 0.2) is 30.3 Å². The second kappa shape index (κ2) is 9.97.